The molecule has 2 amide bonds. The summed E-state index contributed by atoms with van der Waals surface area (Å²) < 4.78 is 24.5. The maximum Gasteiger partial charge on any atom is 0.315 e. The Morgan fingerprint density at radius 2 is 2.40 bits per heavy atom. The Bertz CT molecular complexity index is 684. The van der Waals surface area contributed by atoms with Crippen molar-refractivity contribution in [3.05, 3.63) is 52.2 Å². The first-order chi connectivity index (χ1) is 12.2. The number of halogens is 1. The van der Waals surface area contributed by atoms with Crippen LogP contribution >= 0.6 is 11.3 Å². The summed E-state index contributed by atoms with van der Waals surface area (Å²) in [6.07, 6.45) is 0.578. The van der Waals surface area contributed by atoms with Crippen molar-refractivity contribution in [3.8, 4) is 0 Å². The Morgan fingerprint density at radius 1 is 1.48 bits per heavy atom. The molecule has 1 aliphatic rings. The van der Waals surface area contributed by atoms with Gasteiger partial charge in [-0.1, -0.05) is 12.1 Å². The van der Waals surface area contributed by atoms with Gasteiger partial charge >= 0.3 is 6.03 Å². The smallest absolute Gasteiger partial charge is 0.315 e. The van der Waals surface area contributed by atoms with Crippen LogP contribution in [0.1, 0.15) is 17.7 Å². The molecule has 0 aliphatic carbocycles. The second-order valence-corrected chi connectivity index (χ2v) is 6.47. The molecule has 8 heteroatoms. The van der Waals surface area contributed by atoms with Crippen LogP contribution in [0, 0.1) is 5.82 Å². The summed E-state index contributed by atoms with van der Waals surface area (Å²) in [5.41, 5.74) is 3.34. The number of aromatic nitrogens is 1. The van der Waals surface area contributed by atoms with E-state index >= 15 is 0 Å². The predicted octanol–water partition coefficient (Wildman–Crippen LogP) is 2.46. The molecule has 0 spiro atoms. The molecule has 1 aliphatic heterocycles. The number of nitrogens with one attached hydrogen (secondary N) is 2. The van der Waals surface area contributed by atoms with Gasteiger partial charge in [-0.15, -0.1) is 11.3 Å². The van der Waals surface area contributed by atoms with E-state index in [-0.39, 0.29) is 30.5 Å². The average Bonchev–Trinajstić information content (AvgIpc) is 3.13. The topological polar surface area (TPSA) is 72.5 Å². The van der Waals surface area contributed by atoms with Crippen molar-refractivity contribution in [2.24, 2.45) is 0 Å². The highest BCUT2D eigenvalue weighted by atomic mass is 32.1. The minimum Gasteiger partial charge on any atom is -0.379 e. The molecule has 0 radical (unpaired) electrons. The second-order valence-electron chi connectivity index (χ2n) is 5.76. The van der Waals surface area contributed by atoms with Crippen LogP contribution in [0.5, 0.6) is 0 Å². The van der Waals surface area contributed by atoms with Crippen LogP contribution in [0.15, 0.2) is 35.2 Å². The SMILES string of the molecule is O=C(NCc1cccc(F)c1)N[C@@H]1COCC[C@@H]1OCc1cscn1. The van der Waals surface area contributed by atoms with E-state index in [1.54, 1.807) is 17.6 Å². The quantitative estimate of drug-likeness (QED) is 0.825. The van der Waals surface area contributed by atoms with E-state index in [0.29, 0.717) is 31.8 Å². The van der Waals surface area contributed by atoms with Crippen molar-refractivity contribution in [2.45, 2.75) is 31.7 Å². The first-order valence-electron chi connectivity index (χ1n) is 8.06. The molecule has 2 atom stereocenters. The van der Waals surface area contributed by atoms with Crippen LogP contribution in [0.2, 0.25) is 0 Å². The van der Waals surface area contributed by atoms with Crippen LogP contribution in [-0.2, 0) is 22.6 Å². The number of carbonyl (C=O) groups is 1. The van der Waals surface area contributed by atoms with Crippen LogP contribution in [0.3, 0.4) is 0 Å². The Kier molecular flexibility index (Phi) is 6.32. The lowest BCUT2D eigenvalue weighted by atomic mass is 10.1. The van der Waals surface area contributed by atoms with Crippen molar-refractivity contribution in [1.29, 1.82) is 0 Å². The fraction of sp³-hybridized carbons (Fsp3) is 0.412. The number of benzene rings is 1. The van der Waals surface area contributed by atoms with Crippen molar-refractivity contribution >= 4 is 17.4 Å². The summed E-state index contributed by atoms with van der Waals surface area (Å²) in [4.78, 5) is 16.3. The van der Waals surface area contributed by atoms with Gasteiger partial charge in [0.15, 0.2) is 0 Å². The van der Waals surface area contributed by atoms with Crippen molar-refractivity contribution in [1.82, 2.24) is 15.6 Å². The van der Waals surface area contributed by atoms with Gasteiger partial charge in [0.2, 0.25) is 0 Å². The van der Waals surface area contributed by atoms with E-state index in [1.165, 1.54) is 23.5 Å². The summed E-state index contributed by atoms with van der Waals surface area (Å²) in [6, 6.07) is 5.56. The summed E-state index contributed by atoms with van der Waals surface area (Å²) >= 11 is 1.52. The highest BCUT2D eigenvalue weighted by molar-refractivity contribution is 7.07. The zero-order chi connectivity index (χ0) is 17.5. The summed E-state index contributed by atoms with van der Waals surface area (Å²) in [7, 11) is 0. The van der Waals surface area contributed by atoms with Gasteiger partial charge < -0.3 is 20.1 Å². The number of hydrogen-bond acceptors (Lipinski definition) is 5. The minimum absolute atomic E-state index is 0.129. The van der Waals surface area contributed by atoms with Gasteiger partial charge in [-0.3, -0.25) is 0 Å². The van der Waals surface area contributed by atoms with Gasteiger partial charge in [0.25, 0.3) is 0 Å². The molecular weight excluding hydrogens is 345 g/mol. The maximum absolute atomic E-state index is 13.2. The third-order valence-electron chi connectivity index (χ3n) is 3.88. The number of amides is 2. The summed E-state index contributed by atoms with van der Waals surface area (Å²) in [5, 5.41) is 7.54. The normalized spacial score (nSPS) is 20.2. The Morgan fingerprint density at radius 3 is 3.20 bits per heavy atom. The number of carbonyl (C=O) groups excluding carboxylic acids is 1. The van der Waals surface area contributed by atoms with E-state index in [1.807, 2.05) is 5.38 Å². The van der Waals surface area contributed by atoms with Crippen molar-refractivity contribution in [2.75, 3.05) is 13.2 Å². The summed E-state index contributed by atoms with van der Waals surface area (Å²) in [5.74, 6) is -0.323. The number of urea groups is 1. The zero-order valence-corrected chi connectivity index (χ0v) is 14.4. The fourth-order valence-electron chi connectivity index (χ4n) is 2.60. The number of rotatable bonds is 6. The predicted molar refractivity (Wildman–Crippen MR) is 91.7 cm³/mol. The van der Waals surface area contributed by atoms with Gasteiger partial charge in [-0.25, -0.2) is 14.2 Å². The molecular formula is C17H20FN3O3S. The molecule has 2 aromatic rings. The third kappa shape index (κ3) is 5.48. The first kappa shape index (κ1) is 17.8. The maximum atomic E-state index is 13.2. The van der Waals surface area contributed by atoms with Gasteiger partial charge in [0, 0.05) is 18.5 Å². The highest BCUT2D eigenvalue weighted by Gasteiger charge is 2.28. The lowest BCUT2D eigenvalue weighted by molar-refractivity contribution is -0.0602. The van der Waals surface area contributed by atoms with Gasteiger partial charge in [-0.2, -0.15) is 0 Å². The Balaban J connectivity index is 1.47. The summed E-state index contributed by atoms with van der Waals surface area (Å²) in [6.45, 7) is 1.67. The fourth-order valence-corrected chi connectivity index (χ4v) is 3.15. The van der Waals surface area contributed by atoms with Gasteiger partial charge in [-0.05, 0) is 24.1 Å². The lowest BCUT2D eigenvalue weighted by Gasteiger charge is -2.31. The van der Waals surface area contributed by atoms with Crippen LogP contribution in [0.4, 0.5) is 9.18 Å². The number of thiazole rings is 1. The Hall–Kier alpha value is -2.03. The molecule has 134 valence electrons. The van der Waals surface area contributed by atoms with E-state index in [4.69, 9.17) is 9.47 Å². The van der Waals surface area contributed by atoms with E-state index < -0.39 is 0 Å². The number of nitrogens with zero attached hydrogens (tertiary/aromatic N) is 1. The van der Waals surface area contributed by atoms with E-state index in [2.05, 4.69) is 15.6 Å². The second kappa shape index (κ2) is 8.89. The number of hydrogen-bond donors (Lipinski definition) is 2. The lowest BCUT2D eigenvalue weighted by Crippen LogP contribution is -2.53. The Labute approximate surface area is 149 Å². The molecule has 0 bridgehead atoms. The van der Waals surface area contributed by atoms with E-state index in [9.17, 15) is 9.18 Å². The minimum atomic E-state index is -0.331. The standard InChI is InChI=1S/C17H20FN3O3S/c18-13-3-1-2-12(6-13)7-19-17(22)21-15-9-23-5-4-16(15)24-8-14-10-25-11-20-14/h1-3,6,10-11,15-16H,4-5,7-9H2,(H2,19,21,22)/t15-,16+/m1/s1. The largest absolute Gasteiger partial charge is 0.379 e. The average molecular weight is 365 g/mol. The van der Waals surface area contributed by atoms with Crippen molar-refractivity contribution < 1.29 is 18.7 Å². The number of ether oxygens (including phenoxy) is 2. The zero-order valence-electron chi connectivity index (χ0n) is 13.6. The third-order valence-corrected chi connectivity index (χ3v) is 4.52. The van der Waals surface area contributed by atoms with Gasteiger partial charge in [0.1, 0.15) is 5.82 Å². The molecule has 3 rings (SSSR count). The monoisotopic (exact) mass is 365 g/mol. The highest BCUT2D eigenvalue weighted by Crippen LogP contribution is 2.14. The molecule has 1 saturated heterocycles. The first-order valence-corrected chi connectivity index (χ1v) is 9.00. The molecule has 0 saturated carbocycles. The molecule has 25 heavy (non-hydrogen) atoms. The molecule has 2 N–H and O–H groups in total. The molecule has 1 aromatic carbocycles. The van der Waals surface area contributed by atoms with Crippen LogP contribution in [0.25, 0.3) is 0 Å². The molecule has 0 unspecified atom stereocenters. The molecule has 1 fully saturated rings. The van der Waals surface area contributed by atoms with E-state index in [0.717, 1.165) is 5.69 Å². The molecule has 2 heterocycles. The molecule has 6 nitrogen and oxygen atoms in total. The van der Waals surface area contributed by atoms with Crippen molar-refractivity contribution in [3.63, 3.8) is 0 Å². The van der Waals surface area contributed by atoms with Crippen LogP contribution < -0.4 is 10.6 Å². The molecule has 1 aromatic heterocycles. The van der Waals surface area contributed by atoms with Crippen LogP contribution in [-0.4, -0.2) is 36.4 Å². The van der Waals surface area contributed by atoms with Gasteiger partial charge in [0.05, 0.1) is 36.6 Å².